The molecule has 1 aliphatic rings. The standard InChI is InChI=1S/C22H25ClN2O/c1-17(2)19-6-3-18(4-7-19)5-12-22(26)25-15-13-24(14-16-25)21-10-8-20(23)9-11-21/h3-12,17H,13-16H2,1-2H3/b12-5+. The third-order valence-electron chi connectivity index (χ3n) is 4.80. The highest BCUT2D eigenvalue weighted by Gasteiger charge is 2.19. The van der Waals surface area contributed by atoms with E-state index in [1.165, 1.54) is 5.56 Å². The van der Waals surface area contributed by atoms with E-state index in [2.05, 4.69) is 43.0 Å². The largest absolute Gasteiger partial charge is 0.368 e. The van der Waals surface area contributed by atoms with Gasteiger partial charge in [-0.1, -0.05) is 49.7 Å². The molecule has 0 aromatic heterocycles. The SMILES string of the molecule is CC(C)c1ccc(/C=C/C(=O)N2CCN(c3ccc(Cl)cc3)CC2)cc1. The first-order valence-corrected chi connectivity index (χ1v) is 9.48. The van der Waals surface area contributed by atoms with Crippen LogP contribution in [0.2, 0.25) is 5.02 Å². The molecule has 0 unspecified atom stereocenters. The normalized spacial score (nSPS) is 15.1. The topological polar surface area (TPSA) is 23.6 Å². The number of carbonyl (C=O) groups is 1. The molecule has 136 valence electrons. The molecule has 1 fully saturated rings. The van der Waals surface area contributed by atoms with Crippen LogP contribution in [0, 0.1) is 0 Å². The van der Waals surface area contributed by atoms with Gasteiger partial charge in [0.2, 0.25) is 5.91 Å². The number of anilines is 1. The molecule has 4 heteroatoms. The highest BCUT2D eigenvalue weighted by atomic mass is 35.5. The van der Waals surface area contributed by atoms with Crippen LogP contribution in [0.5, 0.6) is 0 Å². The lowest BCUT2D eigenvalue weighted by Crippen LogP contribution is -2.48. The maximum atomic E-state index is 12.4. The Morgan fingerprint density at radius 2 is 1.58 bits per heavy atom. The number of nitrogens with zero attached hydrogens (tertiary/aromatic N) is 2. The third kappa shape index (κ3) is 4.67. The van der Waals surface area contributed by atoms with Crippen LogP contribution in [-0.4, -0.2) is 37.0 Å². The molecule has 0 saturated carbocycles. The van der Waals surface area contributed by atoms with E-state index >= 15 is 0 Å². The van der Waals surface area contributed by atoms with Crippen molar-refractivity contribution in [2.45, 2.75) is 19.8 Å². The van der Waals surface area contributed by atoms with E-state index in [4.69, 9.17) is 11.6 Å². The van der Waals surface area contributed by atoms with E-state index < -0.39 is 0 Å². The summed E-state index contributed by atoms with van der Waals surface area (Å²) in [5, 5.41) is 0.745. The molecular formula is C22H25ClN2O. The third-order valence-corrected chi connectivity index (χ3v) is 5.06. The molecular weight excluding hydrogens is 344 g/mol. The zero-order valence-corrected chi connectivity index (χ0v) is 16.1. The minimum absolute atomic E-state index is 0.0775. The van der Waals surface area contributed by atoms with Crippen LogP contribution in [0.15, 0.2) is 54.6 Å². The molecule has 26 heavy (non-hydrogen) atoms. The molecule has 3 nitrogen and oxygen atoms in total. The van der Waals surface area contributed by atoms with Gasteiger partial charge in [0, 0.05) is 43.0 Å². The summed E-state index contributed by atoms with van der Waals surface area (Å²) in [7, 11) is 0. The van der Waals surface area contributed by atoms with Crippen molar-refractivity contribution in [1.82, 2.24) is 4.90 Å². The Hall–Kier alpha value is -2.26. The molecule has 1 saturated heterocycles. The number of hydrogen-bond donors (Lipinski definition) is 0. The second kappa shape index (κ2) is 8.41. The summed E-state index contributed by atoms with van der Waals surface area (Å²) in [5.74, 6) is 0.597. The quantitative estimate of drug-likeness (QED) is 0.722. The van der Waals surface area contributed by atoms with Crippen molar-refractivity contribution in [2.75, 3.05) is 31.1 Å². The fourth-order valence-corrected chi connectivity index (χ4v) is 3.23. The summed E-state index contributed by atoms with van der Waals surface area (Å²) in [4.78, 5) is 16.6. The van der Waals surface area contributed by atoms with Gasteiger partial charge in [-0.25, -0.2) is 0 Å². The Kier molecular flexibility index (Phi) is 6.00. The zero-order chi connectivity index (χ0) is 18.5. The minimum atomic E-state index is 0.0775. The molecule has 0 aliphatic carbocycles. The number of halogens is 1. The molecule has 0 radical (unpaired) electrons. The van der Waals surface area contributed by atoms with Gasteiger partial charge in [0.15, 0.2) is 0 Å². The summed E-state index contributed by atoms with van der Waals surface area (Å²) in [6.07, 6.45) is 3.58. The Bertz CT molecular complexity index is 758. The van der Waals surface area contributed by atoms with E-state index in [1.54, 1.807) is 6.08 Å². The van der Waals surface area contributed by atoms with Crippen LogP contribution in [0.25, 0.3) is 6.08 Å². The van der Waals surface area contributed by atoms with Gasteiger partial charge in [-0.05, 0) is 47.4 Å². The predicted molar refractivity (Wildman–Crippen MR) is 110 cm³/mol. The number of rotatable bonds is 4. The minimum Gasteiger partial charge on any atom is -0.368 e. The molecule has 0 atom stereocenters. The highest BCUT2D eigenvalue weighted by Crippen LogP contribution is 2.20. The molecule has 2 aromatic rings. The van der Waals surface area contributed by atoms with Crippen molar-refractivity contribution in [3.63, 3.8) is 0 Å². The van der Waals surface area contributed by atoms with Gasteiger partial charge < -0.3 is 9.80 Å². The number of carbonyl (C=O) groups excluding carboxylic acids is 1. The summed E-state index contributed by atoms with van der Waals surface area (Å²) in [5.41, 5.74) is 3.52. The van der Waals surface area contributed by atoms with Gasteiger partial charge in [0.25, 0.3) is 0 Å². The first kappa shape index (κ1) is 18.5. The van der Waals surface area contributed by atoms with Crippen molar-refractivity contribution in [3.05, 3.63) is 70.8 Å². The summed E-state index contributed by atoms with van der Waals surface area (Å²) >= 11 is 5.95. The number of hydrogen-bond acceptors (Lipinski definition) is 2. The molecule has 1 aliphatic heterocycles. The number of benzene rings is 2. The molecule has 3 rings (SSSR count). The fourth-order valence-electron chi connectivity index (χ4n) is 3.10. The van der Waals surface area contributed by atoms with Crippen LogP contribution in [-0.2, 0) is 4.79 Å². The van der Waals surface area contributed by atoms with E-state index in [1.807, 2.05) is 35.2 Å². The maximum absolute atomic E-state index is 12.4. The molecule has 0 bridgehead atoms. The Balaban J connectivity index is 1.54. The Morgan fingerprint density at radius 3 is 2.15 bits per heavy atom. The van der Waals surface area contributed by atoms with Crippen LogP contribution in [0.3, 0.4) is 0 Å². The van der Waals surface area contributed by atoms with Crippen molar-refractivity contribution in [1.29, 1.82) is 0 Å². The first-order valence-electron chi connectivity index (χ1n) is 9.10. The smallest absolute Gasteiger partial charge is 0.246 e. The van der Waals surface area contributed by atoms with E-state index in [0.29, 0.717) is 5.92 Å². The summed E-state index contributed by atoms with van der Waals surface area (Å²) in [6.45, 7) is 7.50. The lowest BCUT2D eigenvalue weighted by Gasteiger charge is -2.35. The van der Waals surface area contributed by atoms with Gasteiger partial charge >= 0.3 is 0 Å². The van der Waals surface area contributed by atoms with Crippen LogP contribution < -0.4 is 4.90 Å². The monoisotopic (exact) mass is 368 g/mol. The van der Waals surface area contributed by atoms with Crippen LogP contribution in [0.1, 0.15) is 30.9 Å². The van der Waals surface area contributed by atoms with Crippen molar-refractivity contribution < 1.29 is 4.79 Å². The van der Waals surface area contributed by atoms with Crippen molar-refractivity contribution in [2.24, 2.45) is 0 Å². The van der Waals surface area contributed by atoms with Gasteiger partial charge in [-0.3, -0.25) is 4.79 Å². The Labute approximate surface area is 160 Å². The number of piperazine rings is 1. The maximum Gasteiger partial charge on any atom is 0.246 e. The fraction of sp³-hybridized carbons (Fsp3) is 0.318. The molecule has 0 spiro atoms. The van der Waals surface area contributed by atoms with Gasteiger partial charge in [-0.15, -0.1) is 0 Å². The lowest BCUT2D eigenvalue weighted by atomic mass is 10.0. The second-order valence-electron chi connectivity index (χ2n) is 6.94. The first-order chi connectivity index (χ1) is 12.5. The number of amides is 1. The summed E-state index contributed by atoms with van der Waals surface area (Å²) in [6, 6.07) is 16.2. The lowest BCUT2D eigenvalue weighted by molar-refractivity contribution is -0.126. The molecule has 1 heterocycles. The molecule has 0 N–H and O–H groups in total. The predicted octanol–water partition coefficient (Wildman–Crippen LogP) is 4.83. The average Bonchev–Trinajstić information content (AvgIpc) is 2.67. The average molecular weight is 369 g/mol. The van der Waals surface area contributed by atoms with Crippen LogP contribution in [0.4, 0.5) is 5.69 Å². The van der Waals surface area contributed by atoms with Gasteiger partial charge in [-0.2, -0.15) is 0 Å². The van der Waals surface area contributed by atoms with Crippen molar-refractivity contribution in [3.8, 4) is 0 Å². The van der Waals surface area contributed by atoms with E-state index in [9.17, 15) is 4.79 Å². The van der Waals surface area contributed by atoms with Gasteiger partial charge in [0.05, 0.1) is 0 Å². The van der Waals surface area contributed by atoms with E-state index in [-0.39, 0.29) is 5.91 Å². The van der Waals surface area contributed by atoms with Crippen molar-refractivity contribution >= 4 is 29.3 Å². The van der Waals surface area contributed by atoms with Crippen LogP contribution >= 0.6 is 11.6 Å². The highest BCUT2D eigenvalue weighted by molar-refractivity contribution is 6.30. The zero-order valence-electron chi connectivity index (χ0n) is 15.4. The summed E-state index contributed by atoms with van der Waals surface area (Å²) < 4.78 is 0. The Morgan fingerprint density at radius 1 is 0.962 bits per heavy atom. The molecule has 1 amide bonds. The van der Waals surface area contributed by atoms with Gasteiger partial charge in [0.1, 0.15) is 0 Å². The second-order valence-corrected chi connectivity index (χ2v) is 7.38. The van der Waals surface area contributed by atoms with E-state index in [0.717, 1.165) is 42.5 Å². The molecule has 2 aromatic carbocycles.